The average Bonchev–Trinajstić information content (AvgIpc) is 3.14. The number of halogens is 2. The number of rotatable bonds is 3. The third-order valence-corrected chi connectivity index (χ3v) is 5.13. The van der Waals surface area contributed by atoms with Crippen LogP contribution in [0, 0.1) is 11.6 Å². The summed E-state index contributed by atoms with van der Waals surface area (Å²) in [4.78, 5) is 25.7. The van der Waals surface area contributed by atoms with Crippen molar-refractivity contribution in [3.8, 4) is 0 Å². The summed E-state index contributed by atoms with van der Waals surface area (Å²) in [6.45, 7) is 0. The van der Waals surface area contributed by atoms with Gasteiger partial charge in [-0.3, -0.25) is 15.0 Å². The van der Waals surface area contributed by atoms with Crippen molar-refractivity contribution >= 4 is 57.5 Å². The minimum Gasteiger partial charge on any atom is -0.267 e. The van der Waals surface area contributed by atoms with Crippen molar-refractivity contribution in [3.05, 3.63) is 62.7 Å². The van der Waals surface area contributed by atoms with Crippen LogP contribution in [-0.4, -0.2) is 21.1 Å². The van der Waals surface area contributed by atoms with Gasteiger partial charge in [-0.25, -0.2) is 8.78 Å². The van der Waals surface area contributed by atoms with E-state index in [4.69, 9.17) is 12.2 Å². The molecule has 24 heavy (non-hydrogen) atoms. The first-order chi connectivity index (χ1) is 11.5. The van der Waals surface area contributed by atoms with Crippen LogP contribution in [0.3, 0.4) is 0 Å². The van der Waals surface area contributed by atoms with Crippen LogP contribution in [-0.2, 0) is 4.79 Å². The number of carbonyl (C=O) groups excluding carboxylic acids is 2. The summed E-state index contributed by atoms with van der Waals surface area (Å²) < 4.78 is 26.3. The molecule has 0 radical (unpaired) electrons. The molecular formula is C15H8F2N2O2S3. The monoisotopic (exact) mass is 382 g/mol. The molecule has 2 aromatic rings. The lowest BCUT2D eigenvalue weighted by molar-refractivity contribution is -0.123. The van der Waals surface area contributed by atoms with Crippen LogP contribution in [0.15, 0.2) is 40.6 Å². The van der Waals surface area contributed by atoms with Gasteiger partial charge in [0.1, 0.15) is 0 Å². The lowest BCUT2D eigenvalue weighted by atomic mass is 10.2. The molecule has 0 saturated carbocycles. The molecule has 1 saturated heterocycles. The zero-order chi connectivity index (χ0) is 17.3. The maximum Gasteiger partial charge on any atom is 0.285 e. The maximum absolute atomic E-state index is 13.2. The summed E-state index contributed by atoms with van der Waals surface area (Å²) in [5.74, 6) is -3.45. The predicted molar refractivity (Wildman–Crippen MR) is 93.2 cm³/mol. The molecule has 1 aliphatic rings. The van der Waals surface area contributed by atoms with Gasteiger partial charge in [0, 0.05) is 10.4 Å². The summed E-state index contributed by atoms with van der Waals surface area (Å²) in [5, 5.41) is 2.79. The zero-order valence-corrected chi connectivity index (χ0v) is 14.2. The molecule has 1 fully saturated rings. The van der Waals surface area contributed by atoms with Crippen molar-refractivity contribution in [1.29, 1.82) is 0 Å². The second kappa shape index (κ2) is 6.80. The standard InChI is InChI=1S/C15H8F2N2O2S3/c16-10-4-3-8(6-11(10)17)13(20)18-19-14(21)12(24-15(19)22)7-9-2-1-5-23-9/h1-7H,(H,18,20)/b12-7+. The van der Waals surface area contributed by atoms with E-state index < -0.39 is 23.4 Å². The molecule has 1 aliphatic heterocycles. The van der Waals surface area contributed by atoms with Crippen LogP contribution in [0.5, 0.6) is 0 Å². The van der Waals surface area contributed by atoms with Crippen LogP contribution < -0.4 is 5.43 Å². The molecule has 122 valence electrons. The normalized spacial score (nSPS) is 16.1. The Morgan fingerprint density at radius 3 is 2.71 bits per heavy atom. The minimum absolute atomic E-state index is 0.120. The molecule has 2 heterocycles. The highest BCUT2D eigenvalue weighted by Crippen LogP contribution is 2.32. The number of amides is 2. The van der Waals surface area contributed by atoms with Gasteiger partial charge in [-0.2, -0.15) is 5.01 Å². The Morgan fingerprint density at radius 1 is 1.25 bits per heavy atom. The number of nitrogens with one attached hydrogen (secondary N) is 1. The van der Waals surface area contributed by atoms with Gasteiger partial charge in [0.05, 0.1) is 4.91 Å². The first kappa shape index (κ1) is 16.7. The van der Waals surface area contributed by atoms with Gasteiger partial charge in [0.25, 0.3) is 11.8 Å². The number of hydrazine groups is 1. The molecule has 2 amide bonds. The van der Waals surface area contributed by atoms with Crippen LogP contribution in [0.4, 0.5) is 8.78 Å². The molecule has 0 atom stereocenters. The first-order valence-electron chi connectivity index (χ1n) is 6.53. The van der Waals surface area contributed by atoms with Crippen molar-refractivity contribution < 1.29 is 18.4 Å². The number of thiophene rings is 1. The van der Waals surface area contributed by atoms with Crippen molar-refractivity contribution in [2.24, 2.45) is 0 Å². The highest BCUT2D eigenvalue weighted by molar-refractivity contribution is 8.26. The number of carbonyl (C=O) groups is 2. The Labute approximate surface area is 149 Å². The molecular weight excluding hydrogens is 374 g/mol. The fourth-order valence-corrected chi connectivity index (χ4v) is 3.77. The molecule has 9 heteroatoms. The maximum atomic E-state index is 13.2. The Bertz CT molecular complexity index is 866. The van der Waals surface area contributed by atoms with E-state index in [0.29, 0.717) is 4.91 Å². The van der Waals surface area contributed by atoms with E-state index in [1.54, 1.807) is 6.08 Å². The average molecular weight is 382 g/mol. The number of benzene rings is 1. The van der Waals surface area contributed by atoms with Gasteiger partial charge >= 0.3 is 0 Å². The first-order valence-corrected chi connectivity index (χ1v) is 8.63. The largest absolute Gasteiger partial charge is 0.285 e. The number of thioether (sulfide) groups is 1. The van der Waals surface area contributed by atoms with Crippen LogP contribution in [0.1, 0.15) is 15.2 Å². The molecule has 0 aliphatic carbocycles. The molecule has 3 rings (SSSR count). The quantitative estimate of drug-likeness (QED) is 0.651. The van der Waals surface area contributed by atoms with Gasteiger partial charge < -0.3 is 0 Å². The van der Waals surface area contributed by atoms with E-state index in [-0.39, 0.29) is 9.88 Å². The number of hydrogen-bond donors (Lipinski definition) is 1. The number of nitrogens with zero attached hydrogens (tertiary/aromatic N) is 1. The summed E-state index contributed by atoms with van der Waals surface area (Å²) in [6.07, 6.45) is 1.67. The van der Waals surface area contributed by atoms with E-state index >= 15 is 0 Å². The minimum atomic E-state index is -1.15. The molecule has 0 unspecified atom stereocenters. The lowest BCUT2D eigenvalue weighted by Crippen LogP contribution is -2.44. The Hall–Kier alpha value is -2.10. The van der Waals surface area contributed by atoms with Crippen molar-refractivity contribution in [3.63, 3.8) is 0 Å². The van der Waals surface area contributed by atoms with Crippen LogP contribution in [0.25, 0.3) is 6.08 Å². The second-order valence-electron chi connectivity index (χ2n) is 4.60. The third-order valence-electron chi connectivity index (χ3n) is 3.01. The van der Waals surface area contributed by atoms with Crippen LogP contribution in [0.2, 0.25) is 0 Å². The second-order valence-corrected chi connectivity index (χ2v) is 7.26. The van der Waals surface area contributed by atoms with Gasteiger partial charge in [0.15, 0.2) is 16.0 Å². The fraction of sp³-hybridized carbons (Fsp3) is 0. The molecule has 0 bridgehead atoms. The van der Waals surface area contributed by atoms with E-state index in [9.17, 15) is 18.4 Å². The molecule has 0 spiro atoms. The third kappa shape index (κ3) is 3.37. The van der Waals surface area contributed by atoms with E-state index in [1.165, 1.54) is 11.3 Å². The SMILES string of the molecule is O=C(NN1C(=O)/C(=C\c2cccs2)SC1=S)c1ccc(F)c(F)c1. The number of hydrogen-bond acceptors (Lipinski definition) is 5. The van der Waals surface area contributed by atoms with Gasteiger partial charge in [-0.1, -0.05) is 17.8 Å². The Morgan fingerprint density at radius 2 is 2.04 bits per heavy atom. The molecule has 1 aromatic heterocycles. The highest BCUT2D eigenvalue weighted by atomic mass is 32.2. The van der Waals surface area contributed by atoms with Crippen molar-refractivity contribution in [1.82, 2.24) is 10.4 Å². The van der Waals surface area contributed by atoms with Crippen molar-refractivity contribution in [2.45, 2.75) is 0 Å². The van der Waals surface area contributed by atoms with E-state index in [0.717, 1.165) is 39.8 Å². The zero-order valence-electron chi connectivity index (χ0n) is 11.8. The molecule has 1 N–H and O–H groups in total. The van der Waals surface area contributed by atoms with Crippen LogP contribution >= 0.6 is 35.3 Å². The summed E-state index contributed by atoms with van der Waals surface area (Å²) in [7, 11) is 0. The smallest absolute Gasteiger partial charge is 0.267 e. The highest BCUT2D eigenvalue weighted by Gasteiger charge is 2.33. The fourth-order valence-electron chi connectivity index (χ4n) is 1.87. The molecule has 4 nitrogen and oxygen atoms in total. The Balaban J connectivity index is 1.77. The summed E-state index contributed by atoms with van der Waals surface area (Å²) >= 11 is 7.60. The van der Waals surface area contributed by atoms with Crippen molar-refractivity contribution in [2.75, 3.05) is 0 Å². The van der Waals surface area contributed by atoms with Gasteiger partial charge in [-0.05, 0) is 47.9 Å². The lowest BCUT2D eigenvalue weighted by Gasteiger charge is -2.15. The summed E-state index contributed by atoms with van der Waals surface area (Å²) in [5.41, 5.74) is 2.19. The van der Waals surface area contributed by atoms with Gasteiger partial charge in [0.2, 0.25) is 0 Å². The topological polar surface area (TPSA) is 49.4 Å². The Kier molecular flexibility index (Phi) is 4.74. The predicted octanol–water partition coefficient (Wildman–Crippen LogP) is 3.57. The number of thiocarbonyl (C=S) groups is 1. The molecule has 1 aromatic carbocycles. The van der Waals surface area contributed by atoms with Gasteiger partial charge in [-0.15, -0.1) is 11.3 Å². The van der Waals surface area contributed by atoms with E-state index in [1.807, 2.05) is 17.5 Å². The summed E-state index contributed by atoms with van der Waals surface area (Å²) in [6, 6.07) is 6.40. The van der Waals surface area contributed by atoms with E-state index in [2.05, 4.69) is 5.43 Å².